The van der Waals surface area contributed by atoms with Gasteiger partial charge in [-0.25, -0.2) is 4.98 Å². The number of aryl methyl sites for hydroxylation is 4. The van der Waals surface area contributed by atoms with Gasteiger partial charge in [0.2, 0.25) is 5.91 Å². The minimum absolute atomic E-state index is 0.00477. The molecule has 2 aromatic rings. The number of anilines is 1. The van der Waals surface area contributed by atoms with E-state index in [1.807, 2.05) is 19.1 Å². The lowest BCUT2D eigenvalue weighted by Crippen LogP contribution is -2.12. The average Bonchev–Trinajstić information content (AvgIpc) is 3.01. The fourth-order valence-corrected chi connectivity index (χ4v) is 3.51. The molecule has 0 saturated heterocycles. The summed E-state index contributed by atoms with van der Waals surface area (Å²) in [5.74, 6) is 1.74. The number of nitrogens with zero attached hydrogens (tertiary/aromatic N) is 1. The summed E-state index contributed by atoms with van der Waals surface area (Å²) < 4.78 is 5.46. The summed E-state index contributed by atoms with van der Waals surface area (Å²) in [5.41, 5.74) is 1.18. The average molecular weight is 290 g/mol. The van der Waals surface area contributed by atoms with E-state index in [0.29, 0.717) is 12.8 Å². The van der Waals surface area contributed by atoms with Gasteiger partial charge in [-0.05, 0) is 44.7 Å². The highest BCUT2D eigenvalue weighted by molar-refractivity contribution is 7.15. The molecule has 3 rings (SSSR count). The van der Waals surface area contributed by atoms with Crippen LogP contribution in [0.2, 0.25) is 0 Å². The number of hydrogen-bond acceptors (Lipinski definition) is 4. The number of furan rings is 1. The first-order valence-electron chi connectivity index (χ1n) is 7.04. The van der Waals surface area contributed by atoms with E-state index in [-0.39, 0.29) is 5.91 Å². The van der Waals surface area contributed by atoms with Crippen molar-refractivity contribution in [2.24, 2.45) is 0 Å². The van der Waals surface area contributed by atoms with E-state index in [1.165, 1.54) is 23.4 Å². The van der Waals surface area contributed by atoms with Gasteiger partial charge in [-0.15, -0.1) is 11.3 Å². The van der Waals surface area contributed by atoms with Crippen molar-refractivity contribution in [3.05, 3.63) is 34.2 Å². The van der Waals surface area contributed by atoms with Crippen LogP contribution in [0.4, 0.5) is 5.13 Å². The van der Waals surface area contributed by atoms with Crippen molar-refractivity contribution in [1.82, 2.24) is 4.98 Å². The number of amides is 1. The van der Waals surface area contributed by atoms with Crippen molar-refractivity contribution in [2.45, 2.75) is 45.4 Å². The van der Waals surface area contributed by atoms with Crippen LogP contribution in [0.3, 0.4) is 0 Å². The predicted octanol–water partition coefficient (Wildman–Crippen LogP) is 3.49. The van der Waals surface area contributed by atoms with Gasteiger partial charge < -0.3 is 9.73 Å². The Kier molecular flexibility index (Phi) is 3.87. The highest BCUT2D eigenvalue weighted by Gasteiger charge is 2.16. The lowest BCUT2D eigenvalue weighted by molar-refractivity contribution is -0.116. The molecule has 0 bridgehead atoms. The van der Waals surface area contributed by atoms with Crippen LogP contribution >= 0.6 is 11.3 Å². The van der Waals surface area contributed by atoms with Crippen LogP contribution < -0.4 is 5.32 Å². The fraction of sp³-hybridized carbons (Fsp3) is 0.467. The van der Waals surface area contributed by atoms with Gasteiger partial charge in [0.15, 0.2) is 5.13 Å². The van der Waals surface area contributed by atoms with Crippen molar-refractivity contribution < 1.29 is 9.21 Å². The Morgan fingerprint density at radius 1 is 1.40 bits per heavy atom. The number of hydrogen-bond donors (Lipinski definition) is 1. The van der Waals surface area contributed by atoms with Crippen molar-refractivity contribution in [3.63, 3.8) is 0 Å². The molecule has 106 valence electrons. The zero-order valence-electron chi connectivity index (χ0n) is 11.6. The van der Waals surface area contributed by atoms with E-state index in [9.17, 15) is 4.79 Å². The molecular weight excluding hydrogens is 272 g/mol. The first kappa shape index (κ1) is 13.4. The molecule has 0 saturated carbocycles. The van der Waals surface area contributed by atoms with Crippen LogP contribution in [0.1, 0.15) is 41.4 Å². The summed E-state index contributed by atoms with van der Waals surface area (Å²) in [5, 5.41) is 3.65. The van der Waals surface area contributed by atoms with Gasteiger partial charge in [0.05, 0.1) is 5.69 Å². The van der Waals surface area contributed by atoms with Crippen LogP contribution in [-0.2, 0) is 24.1 Å². The van der Waals surface area contributed by atoms with Gasteiger partial charge in [-0.1, -0.05) is 0 Å². The van der Waals surface area contributed by atoms with Crippen LogP contribution in [0.25, 0.3) is 0 Å². The monoisotopic (exact) mass is 290 g/mol. The Balaban J connectivity index is 1.54. The van der Waals surface area contributed by atoms with Crippen LogP contribution in [0, 0.1) is 6.92 Å². The first-order chi connectivity index (χ1) is 9.70. The molecule has 1 N–H and O–H groups in total. The van der Waals surface area contributed by atoms with Crippen molar-refractivity contribution in [3.8, 4) is 0 Å². The molecule has 20 heavy (non-hydrogen) atoms. The summed E-state index contributed by atoms with van der Waals surface area (Å²) in [7, 11) is 0. The van der Waals surface area contributed by atoms with Gasteiger partial charge in [-0.3, -0.25) is 4.79 Å². The number of carbonyl (C=O) groups is 1. The molecular formula is C15H18N2O2S. The molecule has 0 fully saturated rings. The number of aromatic nitrogens is 1. The smallest absolute Gasteiger partial charge is 0.226 e. The highest BCUT2D eigenvalue weighted by atomic mass is 32.1. The number of carbonyl (C=O) groups excluding carboxylic acids is 1. The second-order valence-corrected chi connectivity index (χ2v) is 6.24. The summed E-state index contributed by atoms with van der Waals surface area (Å²) in [6, 6.07) is 3.84. The molecule has 2 aromatic heterocycles. The lowest BCUT2D eigenvalue weighted by atomic mass is 10.0. The third-order valence-electron chi connectivity index (χ3n) is 3.49. The maximum absolute atomic E-state index is 11.9. The van der Waals surface area contributed by atoms with Crippen molar-refractivity contribution in [1.29, 1.82) is 0 Å². The standard InChI is InChI=1S/C15H18N2O2S/c1-10-6-7-11(19-10)8-9-14(18)17-15-16-12-4-2-3-5-13(12)20-15/h6-7H,2-5,8-9H2,1H3,(H,16,17,18). The normalized spacial score (nSPS) is 14.1. The maximum atomic E-state index is 11.9. The number of fused-ring (bicyclic) bond motifs is 1. The van der Waals surface area contributed by atoms with Gasteiger partial charge in [0.1, 0.15) is 11.5 Å². The Morgan fingerprint density at radius 3 is 3.00 bits per heavy atom. The second-order valence-electron chi connectivity index (χ2n) is 5.16. The number of nitrogens with one attached hydrogen (secondary N) is 1. The summed E-state index contributed by atoms with van der Waals surface area (Å²) in [6.07, 6.45) is 5.66. The molecule has 1 aliphatic carbocycles. The third-order valence-corrected chi connectivity index (χ3v) is 4.56. The Bertz CT molecular complexity index is 592. The fourth-order valence-electron chi connectivity index (χ4n) is 2.44. The molecule has 1 aliphatic rings. The van der Waals surface area contributed by atoms with Crippen LogP contribution in [-0.4, -0.2) is 10.9 Å². The SMILES string of the molecule is Cc1ccc(CCC(=O)Nc2nc3c(s2)CCCC3)o1. The van der Waals surface area contributed by atoms with Gasteiger partial charge >= 0.3 is 0 Å². The van der Waals surface area contributed by atoms with E-state index in [1.54, 1.807) is 11.3 Å². The van der Waals surface area contributed by atoms with Crippen molar-refractivity contribution >= 4 is 22.4 Å². The Hall–Kier alpha value is -1.62. The summed E-state index contributed by atoms with van der Waals surface area (Å²) >= 11 is 1.62. The van der Waals surface area contributed by atoms with E-state index >= 15 is 0 Å². The molecule has 0 aliphatic heterocycles. The molecule has 0 spiro atoms. The Morgan fingerprint density at radius 2 is 2.25 bits per heavy atom. The predicted molar refractivity (Wildman–Crippen MR) is 79.2 cm³/mol. The molecule has 4 nitrogen and oxygen atoms in total. The topological polar surface area (TPSA) is 55.1 Å². The molecule has 5 heteroatoms. The van der Waals surface area contributed by atoms with Crippen molar-refractivity contribution in [2.75, 3.05) is 5.32 Å². The largest absolute Gasteiger partial charge is 0.466 e. The van der Waals surface area contributed by atoms with Crippen LogP contribution in [0.5, 0.6) is 0 Å². The van der Waals surface area contributed by atoms with Gasteiger partial charge in [0.25, 0.3) is 0 Å². The zero-order chi connectivity index (χ0) is 13.9. The Labute approximate surface area is 122 Å². The number of rotatable bonds is 4. The van der Waals surface area contributed by atoms with E-state index in [2.05, 4.69) is 10.3 Å². The molecule has 1 amide bonds. The van der Waals surface area contributed by atoms with E-state index in [0.717, 1.165) is 29.5 Å². The maximum Gasteiger partial charge on any atom is 0.226 e. The van der Waals surface area contributed by atoms with E-state index < -0.39 is 0 Å². The summed E-state index contributed by atoms with van der Waals surface area (Å²) in [6.45, 7) is 1.91. The van der Waals surface area contributed by atoms with Crippen LogP contribution in [0.15, 0.2) is 16.5 Å². The molecule has 0 radical (unpaired) electrons. The summed E-state index contributed by atoms with van der Waals surface area (Å²) in [4.78, 5) is 17.8. The first-order valence-corrected chi connectivity index (χ1v) is 7.86. The zero-order valence-corrected chi connectivity index (χ0v) is 12.4. The quantitative estimate of drug-likeness (QED) is 0.937. The highest BCUT2D eigenvalue weighted by Crippen LogP contribution is 2.29. The third kappa shape index (κ3) is 3.10. The lowest BCUT2D eigenvalue weighted by Gasteiger charge is -2.06. The minimum atomic E-state index is 0.00477. The van der Waals surface area contributed by atoms with Gasteiger partial charge in [0, 0.05) is 17.7 Å². The van der Waals surface area contributed by atoms with E-state index in [4.69, 9.17) is 4.42 Å². The second kappa shape index (κ2) is 5.79. The minimum Gasteiger partial charge on any atom is -0.466 e. The number of thiazole rings is 1. The van der Waals surface area contributed by atoms with Gasteiger partial charge in [-0.2, -0.15) is 0 Å². The molecule has 0 aromatic carbocycles. The molecule has 2 heterocycles. The molecule has 0 unspecified atom stereocenters. The molecule has 0 atom stereocenters.